The molecular weight excluding hydrogens is 394 g/mol. The fraction of sp³-hybridized carbons (Fsp3) is 0.550. The van der Waals surface area contributed by atoms with Gasteiger partial charge >= 0.3 is 0 Å². The SMILES string of the molecule is CC(c1nnc(SCC(=O)N2CCCCCC2)n1-c1ccc(Cl)cc1)N(C)C. The number of nitrogens with zero attached hydrogens (tertiary/aromatic N) is 5. The number of halogens is 1. The van der Waals surface area contributed by atoms with Crippen LogP contribution in [0.5, 0.6) is 0 Å². The molecule has 1 atom stereocenters. The number of carbonyl (C=O) groups excluding carboxylic acids is 1. The second-order valence-electron chi connectivity index (χ2n) is 7.38. The van der Waals surface area contributed by atoms with E-state index in [9.17, 15) is 4.79 Å². The Morgan fingerprint density at radius 1 is 1.14 bits per heavy atom. The highest BCUT2D eigenvalue weighted by Crippen LogP contribution is 2.28. The first-order chi connectivity index (χ1) is 13.5. The molecule has 1 aliphatic rings. The van der Waals surface area contributed by atoms with Crippen molar-refractivity contribution in [3.8, 4) is 5.69 Å². The van der Waals surface area contributed by atoms with E-state index in [-0.39, 0.29) is 11.9 Å². The summed E-state index contributed by atoms with van der Waals surface area (Å²) in [7, 11) is 4.03. The normalized spacial score (nSPS) is 16.2. The molecule has 28 heavy (non-hydrogen) atoms. The van der Waals surface area contributed by atoms with Crippen LogP contribution < -0.4 is 0 Å². The Hall–Kier alpha value is -1.57. The molecule has 1 aromatic carbocycles. The molecule has 6 nitrogen and oxygen atoms in total. The van der Waals surface area contributed by atoms with Crippen molar-refractivity contribution >= 4 is 29.3 Å². The highest BCUT2D eigenvalue weighted by atomic mass is 35.5. The molecule has 2 heterocycles. The van der Waals surface area contributed by atoms with E-state index >= 15 is 0 Å². The average Bonchev–Trinajstić information content (AvgIpc) is 2.91. The zero-order valence-electron chi connectivity index (χ0n) is 16.8. The van der Waals surface area contributed by atoms with Crippen LogP contribution in [0, 0.1) is 0 Å². The lowest BCUT2D eigenvalue weighted by Crippen LogP contribution is -2.33. The van der Waals surface area contributed by atoms with Gasteiger partial charge in [0.05, 0.1) is 11.8 Å². The van der Waals surface area contributed by atoms with Crippen LogP contribution in [0.4, 0.5) is 0 Å². The summed E-state index contributed by atoms with van der Waals surface area (Å²) < 4.78 is 2.03. The van der Waals surface area contributed by atoms with Gasteiger partial charge in [0.1, 0.15) is 0 Å². The molecule has 2 aromatic rings. The van der Waals surface area contributed by atoms with E-state index < -0.39 is 0 Å². The molecule has 1 unspecified atom stereocenters. The van der Waals surface area contributed by atoms with Gasteiger partial charge in [0.25, 0.3) is 0 Å². The predicted octanol–water partition coefficient (Wildman–Crippen LogP) is 4.04. The lowest BCUT2D eigenvalue weighted by Gasteiger charge is -2.21. The van der Waals surface area contributed by atoms with Crippen molar-refractivity contribution < 1.29 is 4.79 Å². The maximum absolute atomic E-state index is 12.7. The minimum absolute atomic E-state index is 0.0823. The number of amides is 1. The zero-order valence-corrected chi connectivity index (χ0v) is 18.3. The van der Waals surface area contributed by atoms with E-state index in [1.807, 2.05) is 47.8 Å². The van der Waals surface area contributed by atoms with Crippen LogP contribution in [0.15, 0.2) is 29.4 Å². The summed E-state index contributed by atoms with van der Waals surface area (Å²) in [5, 5.41) is 10.2. The Labute approximate surface area is 176 Å². The number of benzene rings is 1. The summed E-state index contributed by atoms with van der Waals surface area (Å²) in [5.74, 6) is 1.40. The van der Waals surface area contributed by atoms with Crippen molar-refractivity contribution in [3.05, 3.63) is 35.1 Å². The lowest BCUT2D eigenvalue weighted by molar-refractivity contribution is -0.128. The van der Waals surface area contributed by atoms with Crippen molar-refractivity contribution in [1.82, 2.24) is 24.6 Å². The van der Waals surface area contributed by atoms with Crippen molar-refractivity contribution in [2.75, 3.05) is 32.9 Å². The molecule has 0 bridgehead atoms. The maximum Gasteiger partial charge on any atom is 0.233 e. The third-order valence-electron chi connectivity index (χ3n) is 5.17. The molecule has 152 valence electrons. The Bertz CT molecular complexity index is 784. The Kier molecular flexibility index (Phi) is 7.37. The van der Waals surface area contributed by atoms with Gasteiger partial charge in [0.2, 0.25) is 5.91 Å². The molecule has 1 fully saturated rings. The number of rotatable bonds is 6. The Balaban J connectivity index is 1.82. The van der Waals surface area contributed by atoms with Crippen LogP contribution in [0.25, 0.3) is 5.69 Å². The largest absolute Gasteiger partial charge is 0.342 e. The van der Waals surface area contributed by atoms with Gasteiger partial charge in [-0.15, -0.1) is 10.2 Å². The molecule has 0 radical (unpaired) electrons. The van der Waals surface area contributed by atoms with Gasteiger partial charge in [-0.3, -0.25) is 14.3 Å². The van der Waals surface area contributed by atoms with E-state index in [0.717, 1.165) is 42.6 Å². The van der Waals surface area contributed by atoms with Crippen molar-refractivity contribution in [2.45, 2.75) is 43.8 Å². The van der Waals surface area contributed by atoms with Crippen LogP contribution in [-0.4, -0.2) is 63.4 Å². The summed E-state index contributed by atoms with van der Waals surface area (Å²) in [6, 6.07) is 7.71. The first-order valence-electron chi connectivity index (χ1n) is 9.75. The van der Waals surface area contributed by atoms with Crippen molar-refractivity contribution in [3.63, 3.8) is 0 Å². The van der Waals surface area contributed by atoms with E-state index in [0.29, 0.717) is 10.8 Å². The predicted molar refractivity (Wildman–Crippen MR) is 114 cm³/mol. The summed E-state index contributed by atoms with van der Waals surface area (Å²) in [5.41, 5.74) is 0.947. The third-order valence-corrected chi connectivity index (χ3v) is 6.34. The first-order valence-corrected chi connectivity index (χ1v) is 11.1. The van der Waals surface area contributed by atoms with E-state index in [4.69, 9.17) is 11.6 Å². The fourth-order valence-electron chi connectivity index (χ4n) is 3.25. The molecule has 0 N–H and O–H groups in total. The number of thioether (sulfide) groups is 1. The minimum atomic E-state index is 0.0823. The number of hydrogen-bond donors (Lipinski definition) is 0. The molecule has 1 aromatic heterocycles. The van der Waals surface area contributed by atoms with Gasteiger partial charge in [-0.25, -0.2) is 0 Å². The number of hydrogen-bond acceptors (Lipinski definition) is 5. The summed E-state index contributed by atoms with van der Waals surface area (Å²) >= 11 is 7.51. The van der Waals surface area contributed by atoms with Gasteiger partial charge in [-0.1, -0.05) is 36.2 Å². The molecule has 3 rings (SSSR count). The molecule has 0 saturated carbocycles. The second-order valence-corrected chi connectivity index (χ2v) is 8.75. The second kappa shape index (κ2) is 9.76. The van der Waals surface area contributed by atoms with E-state index in [2.05, 4.69) is 22.0 Å². The van der Waals surface area contributed by atoms with E-state index in [1.165, 1.54) is 24.6 Å². The molecule has 0 spiro atoms. The number of likely N-dealkylation sites (tertiary alicyclic amines) is 1. The number of aromatic nitrogens is 3. The quantitative estimate of drug-likeness (QED) is 0.659. The first kappa shape index (κ1) is 21.1. The minimum Gasteiger partial charge on any atom is -0.342 e. The third kappa shape index (κ3) is 5.07. The van der Waals surface area contributed by atoms with Gasteiger partial charge in [0.15, 0.2) is 11.0 Å². The van der Waals surface area contributed by atoms with Gasteiger partial charge in [-0.05, 0) is 58.1 Å². The topological polar surface area (TPSA) is 54.3 Å². The molecule has 1 amide bonds. The Morgan fingerprint density at radius 3 is 2.39 bits per heavy atom. The molecule has 1 saturated heterocycles. The molecule has 8 heteroatoms. The molecule has 0 aliphatic carbocycles. The molecule has 1 aliphatic heterocycles. The van der Waals surface area contributed by atoms with Gasteiger partial charge in [0, 0.05) is 23.8 Å². The highest BCUT2D eigenvalue weighted by molar-refractivity contribution is 7.99. The highest BCUT2D eigenvalue weighted by Gasteiger charge is 2.23. The van der Waals surface area contributed by atoms with Crippen LogP contribution in [0.3, 0.4) is 0 Å². The Morgan fingerprint density at radius 2 is 1.79 bits per heavy atom. The van der Waals surface area contributed by atoms with Crippen molar-refractivity contribution in [1.29, 1.82) is 0 Å². The standard InChI is InChI=1S/C20H28ClN5OS/c1-15(24(2)3)19-22-23-20(26(19)17-10-8-16(21)9-11-17)28-14-18(27)25-12-6-4-5-7-13-25/h8-11,15H,4-7,12-14H2,1-3H3. The summed E-state index contributed by atoms with van der Waals surface area (Å²) in [4.78, 5) is 16.8. The fourth-order valence-corrected chi connectivity index (χ4v) is 4.23. The number of carbonyl (C=O) groups is 1. The van der Waals surface area contributed by atoms with Crippen molar-refractivity contribution in [2.24, 2.45) is 0 Å². The van der Waals surface area contributed by atoms with Crippen LogP contribution in [0.2, 0.25) is 5.02 Å². The monoisotopic (exact) mass is 421 g/mol. The zero-order chi connectivity index (χ0) is 20.1. The van der Waals surface area contributed by atoms with Crippen LogP contribution >= 0.6 is 23.4 Å². The molecular formula is C20H28ClN5OS. The smallest absolute Gasteiger partial charge is 0.233 e. The van der Waals surface area contributed by atoms with Gasteiger partial charge < -0.3 is 4.90 Å². The summed E-state index contributed by atoms with van der Waals surface area (Å²) in [6.07, 6.45) is 4.63. The maximum atomic E-state index is 12.7. The average molecular weight is 422 g/mol. The summed E-state index contributed by atoms with van der Waals surface area (Å²) in [6.45, 7) is 3.83. The lowest BCUT2D eigenvalue weighted by atomic mass is 10.2. The van der Waals surface area contributed by atoms with Crippen LogP contribution in [-0.2, 0) is 4.79 Å². The van der Waals surface area contributed by atoms with Crippen LogP contribution in [0.1, 0.15) is 44.5 Å². The van der Waals surface area contributed by atoms with E-state index in [1.54, 1.807) is 0 Å². The van der Waals surface area contributed by atoms with Gasteiger partial charge in [-0.2, -0.15) is 0 Å².